The lowest BCUT2D eigenvalue weighted by atomic mass is 10.0. The maximum absolute atomic E-state index is 14.0. The number of hydrogen-bond donors (Lipinski definition) is 2. The molecule has 1 aromatic carbocycles. The maximum Gasteiger partial charge on any atom is 0.244 e. The minimum Gasteiger partial charge on any atom is -0.393 e. The topological polar surface area (TPSA) is 85.8 Å². The maximum atomic E-state index is 14.0. The molecule has 7 nitrogen and oxygen atoms in total. The van der Waals surface area contributed by atoms with Gasteiger partial charge in [0.2, 0.25) is 10.0 Å². The Balaban J connectivity index is 1.50. The van der Waals surface area contributed by atoms with Gasteiger partial charge in [0.1, 0.15) is 16.5 Å². The molecule has 0 aliphatic carbocycles. The molecule has 0 bridgehead atoms. The number of aliphatic hydroxyl groups is 1. The van der Waals surface area contributed by atoms with Crippen LogP contribution in [0.25, 0.3) is 0 Å². The van der Waals surface area contributed by atoms with Crippen molar-refractivity contribution in [2.45, 2.75) is 49.6 Å². The van der Waals surface area contributed by atoms with Crippen LogP contribution < -0.4 is 10.2 Å². The lowest BCUT2D eigenvalue weighted by Crippen LogP contribution is -2.36. The third kappa shape index (κ3) is 4.83. The van der Waals surface area contributed by atoms with E-state index in [1.807, 2.05) is 6.92 Å². The molecule has 2 aliphatic rings. The van der Waals surface area contributed by atoms with E-state index >= 15 is 0 Å². The number of halogens is 1. The molecule has 1 aromatic heterocycles. The second-order valence-electron chi connectivity index (χ2n) is 8.28. The van der Waals surface area contributed by atoms with Crippen molar-refractivity contribution in [3.05, 3.63) is 47.9 Å². The van der Waals surface area contributed by atoms with E-state index in [4.69, 9.17) is 0 Å². The first kappa shape index (κ1) is 22.0. The van der Waals surface area contributed by atoms with Crippen LogP contribution in [0.5, 0.6) is 0 Å². The van der Waals surface area contributed by atoms with Gasteiger partial charge in [-0.05, 0) is 62.9 Å². The molecule has 0 amide bonds. The molecule has 1 atom stereocenters. The lowest BCUT2D eigenvalue weighted by Gasteiger charge is -2.34. The Morgan fingerprint density at radius 2 is 1.84 bits per heavy atom. The first-order chi connectivity index (χ1) is 14.8. The smallest absolute Gasteiger partial charge is 0.244 e. The zero-order valence-electron chi connectivity index (χ0n) is 17.7. The summed E-state index contributed by atoms with van der Waals surface area (Å²) >= 11 is 0. The third-order valence-corrected chi connectivity index (χ3v) is 7.95. The van der Waals surface area contributed by atoms with Gasteiger partial charge in [0, 0.05) is 43.6 Å². The number of aliphatic hydroxyl groups excluding tert-OH is 1. The van der Waals surface area contributed by atoms with Crippen molar-refractivity contribution in [2.75, 3.05) is 36.4 Å². The number of piperidine rings is 1. The summed E-state index contributed by atoms with van der Waals surface area (Å²) in [5.74, 6) is 0.210. The first-order valence-corrected chi connectivity index (χ1v) is 12.2. The number of aromatic nitrogens is 1. The molecule has 0 saturated carbocycles. The van der Waals surface area contributed by atoms with Crippen LogP contribution in [0.15, 0.2) is 41.4 Å². The van der Waals surface area contributed by atoms with Crippen LogP contribution in [0.1, 0.15) is 44.2 Å². The van der Waals surface area contributed by atoms with Crippen LogP contribution in [0.4, 0.5) is 15.9 Å². The van der Waals surface area contributed by atoms with Gasteiger partial charge in [-0.1, -0.05) is 0 Å². The highest BCUT2D eigenvalue weighted by Gasteiger charge is 2.27. The van der Waals surface area contributed by atoms with Gasteiger partial charge in [-0.25, -0.2) is 17.8 Å². The third-order valence-electron chi connectivity index (χ3n) is 6.06. The van der Waals surface area contributed by atoms with Crippen molar-refractivity contribution in [2.24, 2.45) is 0 Å². The SMILES string of the molecule is CC(Nc1ccc(S(=O)(=O)N2CCCC2)cn1)c1cc(F)ccc1N1CCC(O)CC1. The Morgan fingerprint density at radius 3 is 2.48 bits per heavy atom. The van der Waals surface area contributed by atoms with Gasteiger partial charge in [-0.15, -0.1) is 0 Å². The standard InChI is InChI=1S/C22H29FN4O3S/c1-16(20-14-17(23)4-6-21(20)26-12-8-18(28)9-13-26)25-22-7-5-19(15-24-22)31(29,30)27-10-2-3-11-27/h4-7,14-16,18,28H,2-3,8-13H2,1H3,(H,24,25). The number of nitrogens with zero attached hydrogens (tertiary/aromatic N) is 3. The number of hydrogen-bond acceptors (Lipinski definition) is 6. The highest BCUT2D eigenvalue weighted by atomic mass is 32.2. The number of sulfonamides is 1. The van der Waals surface area contributed by atoms with Gasteiger partial charge in [0.05, 0.1) is 12.1 Å². The number of nitrogens with one attached hydrogen (secondary N) is 1. The molecule has 1 unspecified atom stereocenters. The summed E-state index contributed by atoms with van der Waals surface area (Å²) in [5.41, 5.74) is 1.73. The molecule has 9 heteroatoms. The molecule has 31 heavy (non-hydrogen) atoms. The van der Waals surface area contributed by atoms with E-state index in [1.54, 1.807) is 18.2 Å². The fraction of sp³-hybridized carbons (Fsp3) is 0.500. The van der Waals surface area contributed by atoms with Gasteiger partial charge in [-0.3, -0.25) is 0 Å². The summed E-state index contributed by atoms with van der Waals surface area (Å²) in [6, 6.07) is 7.71. The molecule has 2 aliphatic heterocycles. The quantitative estimate of drug-likeness (QED) is 0.706. The summed E-state index contributed by atoms with van der Waals surface area (Å²) in [5, 5.41) is 13.0. The van der Waals surface area contributed by atoms with E-state index in [1.165, 1.54) is 22.6 Å². The van der Waals surface area contributed by atoms with Crippen molar-refractivity contribution in [1.29, 1.82) is 0 Å². The molecule has 2 aromatic rings. The van der Waals surface area contributed by atoms with Gasteiger partial charge in [0.15, 0.2) is 0 Å². The number of pyridine rings is 1. The van der Waals surface area contributed by atoms with Crippen LogP contribution in [0.3, 0.4) is 0 Å². The normalized spacial score (nSPS) is 19.5. The Morgan fingerprint density at radius 1 is 1.13 bits per heavy atom. The van der Waals surface area contributed by atoms with Crippen LogP contribution in [-0.2, 0) is 10.0 Å². The molecule has 168 valence electrons. The average molecular weight is 449 g/mol. The van der Waals surface area contributed by atoms with Gasteiger partial charge < -0.3 is 15.3 Å². The highest BCUT2D eigenvalue weighted by molar-refractivity contribution is 7.89. The summed E-state index contributed by atoms with van der Waals surface area (Å²) in [6.45, 7) is 4.46. The molecule has 3 heterocycles. The van der Waals surface area contributed by atoms with E-state index in [9.17, 15) is 17.9 Å². The van der Waals surface area contributed by atoms with Gasteiger partial charge in [0.25, 0.3) is 0 Å². The predicted octanol–water partition coefficient (Wildman–Crippen LogP) is 3.14. The lowest BCUT2D eigenvalue weighted by molar-refractivity contribution is 0.145. The van der Waals surface area contributed by atoms with E-state index in [0.717, 1.165) is 24.1 Å². The zero-order valence-corrected chi connectivity index (χ0v) is 18.5. The summed E-state index contributed by atoms with van der Waals surface area (Å²) < 4.78 is 40.9. The molecule has 0 radical (unpaired) electrons. The van der Waals surface area contributed by atoms with Gasteiger partial charge >= 0.3 is 0 Å². The molecule has 0 spiro atoms. The van der Waals surface area contributed by atoms with Crippen LogP contribution in [0, 0.1) is 5.82 Å². The zero-order chi connectivity index (χ0) is 22.0. The number of benzene rings is 1. The van der Waals surface area contributed by atoms with Crippen molar-refractivity contribution in [3.8, 4) is 0 Å². The summed E-state index contributed by atoms with van der Waals surface area (Å²) in [6.07, 6.45) is 4.24. The number of anilines is 2. The first-order valence-electron chi connectivity index (χ1n) is 10.8. The van der Waals surface area contributed by atoms with Crippen molar-refractivity contribution in [1.82, 2.24) is 9.29 Å². The van der Waals surface area contributed by atoms with E-state index in [2.05, 4.69) is 15.2 Å². The van der Waals surface area contributed by atoms with Crippen LogP contribution in [-0.4, -0.2) is 55.1 Å². The van der Waals surface area contributed by atoms with Crippen molar-refractivity contribution in [3.63, 3.8) is 0 Å². The molecule has 2 saturated heterocycles. The van der Waals surface area contributed by atoms with E-state index in [-0.39, 0.29) is 22.9 Å². The largest absolute Gasteiger partial charge is 0.393 e. The van der Waals surface area contributed by atoms with Crippen LogP contribution in [0.2, 0.25) is 0 Å². The average Bonchev–Trinajstić information content (AvgIpc) is 3.31. The second-order valence-corrected chi connectivity index (χ2v) is 10.2. The fourth-order valence-corrected chi connectivity index (χ4v) is 5.73. The molecule has 4 rings (SSSR count). The Labute approximate surface area is 183 Å². The predicted molar refractivity (Wildman–Crippen MR) is 118 cm³/mol. The monoisotopic (exact) mass is 448 g/mol. The Hall–Kier alpha value is -2.23. The Bertz CT molecular complexity index is 1000. The van der Waals surface area contributed by atoms with Crippen LogP contribution >= 0.6 is 0 Å². The van der Waals surface area contributed by atoms with Gasteiger partial charge in [-0.2, -0.15) is 4.31 Å². The second kappa shape index (κ2) is 9.10. The number of rotatable bonds is 6. The molecular formula is C22H29FN4O3S. The Kier molecular flexibility index (Phi) is 6.45. The molecule has 2 N–H and O–H groups in total. The van der Waals surface area contributed by atoms with E-state index < -0.39 is 10.0 Å². The summed E-state index contributed by atoms with van der Waals surface area (Å²) in [7, 11) is -3.50. The van der Waals surface area contributed by atoms with Crippen molar-refractivity contribution >= 4 is 21.5 Å². The fourth-order valence-electron chi connectivity index (χ4n) is 4.26. The molecular weight excluding hydrogens is 419 g/mol. The minimum atomic E-state index is -3.50. The molecule has 2 fully saturated rings. The minimum absolute atomic E-state index is 0.186. The van der Waals surface area contributed by atoms with Crippen molar-refractivity contribution < 1.29 is 17.9 Å². The summed E-state index contributed by atoms with van der Waals surface area (Å²) in [4.78, 5) is 6.65. The van der Waals surface area contributed by atoms with E-state index in [0.29, 0.717) is 44.8 Å². The highest BCUT2D eigenvalue weighted by Crippen LogP contribution is 2.31.